The summed E-state index contributed by atoms with van der Waals surface area (Å²) in [5.74, 6) is -0.174. The molecule has 0 fully saturated rings. The van der Waals surface area contributed by atoms with Gasteiger partial charge in [-0.1, -0.05) is 48.5 Å². The van der Waals surface area contributed by atoms with Gasteiger partial charge in [0.2, 0.25) is 0 Å². The summed E-state index contributed by atoms with van der Waals surface area (Å²) in [4.78, 5) is 32.4. The zero-order chi connectivity index (χ0) is 21.1. The van der Waals surface area contributed by atoms with Crippen LogP contribution >= 0.6 is 0 Å². The number of amides is 1. The van der Waals surface area contributed by atoms with E-state index in [1.807, 2.05) is 68.4 Å². The molecule has 1 aliphatic heterocycles. The van der Waals surface area contributed by atoms with Gasteiger partial charge in [-0.15, -0.1) is 0 Å². The Hall–Kier alpha value is -3.38. The quantitative estimate of drug-likeness (QED) is 0.600. The van der Waals surface area contributed by atoms with Gasteiger partial charge < -0.3 is 9.73 Å². The number of hydrogen-bond donors (Lipinski definition) is 1. The van der Waals surface area contributed by atoms with Gasteiger partial charge in [0, 0.05) is 17.7 Å². The number of para-hydroxylation sites is 1. The van der Waals surface area contributed by atoms with E-state index in [9.17, 15) is 9.59 Å². The molecule has 1 amide bonds. The summed E-state index contributed by atoms with van der Waals surface area (Å²) in [6.45, 7) is 3.83. The molecule has 1 N–H and O–H groups in total. The van der Waals surface area contributed by atoms with Crippen LogP contribution in [-0.2, 0) is 16.2 Å². The normalized spacial score (nSPS) is 17.7. The lowest BCUT2D eigenvalue weighted by atomic mass is 9.98. The molecule has 3 aromatic rings. The number of rotatable bonds is 6. The number of furan rings is 1. The van der Waals surface area contributed by atoms with Crippen molar-refractivity contribution in [3.63, 3.8) is 0 Å². The summed E-state index contributed by atoms with van der Waals surface area (Å²) in [6.07, 6.45) is 1.51. The molecule has 30 heavy (non-hydrogen) atoms. The fourth-order valence-electron chi connectivity index (χ4n) is 3.61. The van der Waals surface area contributed by atoms with Gasteiger partial charge in [0.15, 0.2) is 11.5 Å². The lowest BCUT2D eigenvalue weighted by molar-refractivity contribution is -0.209. The fourth-order valence-corrected chi connectivity index (χ4v) is 3.61. The maximum absolute atomic E-state index is 13.4. The van der Waals surface area contributed by atoms with Gasteiger partial charge in [0.05, 0.1) is 12.3 Å². The maximum atomic E-state index is 13.4. The van der Waals surface area contributed by atoms with Crippen molar-refractivity contribution in [1.82, 2.24) is 5.06 Å². The second-order valence-corrected chi connectivity index (χ2v) is 7.85. The summed E-state index contributed by atoms with van der Waals surface area (Å²) < 4.78 is 5.28. The summed E-state index contributed by atoms with van der Waals surface area (Å²) in [5, 5.41) is 4.66. The third-order valence-electron chi connectivity index (χ3n) is 5.17. The smallest absolute Gasteiger partial charge is 0.271 e. The van der Waals surface area contributed by atoms with Gasteiger partial charge in [-0.05, 0) is 37.6 Å². The first kappa shape index (κ1) is 19.9. The van der Waals surface area contributed by atoms with E-state index in [2.05, 4.69) is 5.32 Å². The second kappa shape index (κ2) is 8.16. The second-order valence-electron chi connectivity index (χ2n) is 7.85. The van der Waals surface area contributed by atoms with Gasteiger partial charge in [-0.2, -0.15) is 0 Å². The third-order valence-corrected chi connectivity index (χ3v) is 5.17. The Bertz CT molecular complexity index is 1030. The van der Waals surface area contributed by atoms with Crippen molar-refractivity contribution in [2.45, 2.75) is 38.5 Å². The minimum atomic E-state index is -0.907. The highest BCUT2D eigenvalue weighted by Gasteiger charge is 2.42. The van der Waals surface area contributed by atoms with Crippen LogP contribution in [0.3, 0.4) is 0 Å². The number of carbonyl (C=O) groups excluding carboxylic acids is 2. The van der Waals surface area contributed by atoms with Crippen molar-refractivity contribution in [2.24, 2.45) is 0 Å². The molecule has 0 bridgehead atoms. The molecule has 6 nitrogen and oxygen atoms in total. The van der Waals surface area contributed by atoms with E-state index in [1.54, 1.807) is 12.1 Å². The molecule has 0 saturated heterocycles. The topological polar surface area (TPSA) is 71.8 Å². The monoisotopic (exact) mass is 404 g/mol. The molecule has 1 aliphatic rings. The molecule has 1 atom stereocenters. The van der Waals surface area contributed by atoms with E-state index in [0.29, 0.717) is 0 Å². The van der Waals surface area contributed by atoms with E-state index in [-0.39, 0.29) is 30.5 Å². The standard InChI is InChI=1S/C24H24N2O4/c1-24(2)23(28)26(30-16-17-9-4-3-5-10-17)20(15-21(27)22-13-8-14-29-22)18-11-6-7-12-19(18)25-24/h3-14,20,25H,15-16H2,1-2H3. The highest BCUT2D eigenvalue weighted by molar-refractivity contribution is 5.95. The highest BCUT2D eigenvalue weighted by atomic mass is 16.7. The predicted octanol–water partition coefficient (Wildman–Crippen LogP) is 4.76. The molecule has 0 spiro atoms. The number of carbonyl (C=O) groups is 2. The number of hydroxylamine groups is 2. The summed E-state index contributed by atoms with van der Waals surface area (Å²) in [5.41, 5.74) is 1.66. The molecule has 0 aliphatic carbocycles. The van der Waals surface area contributed by atoms with Gasteiger partial charge >= 0.3 is 0 Å². The first-order valence-electron chi connectivity index (χ1n) is 9.90. The molecule has 1 aromatic heterocycles. The number of nitrogens with one attached hydrogen (secondary N) is 1. The molecule has 0 radical (unpaired) electrons. The Morgan fingerprint density at radius 3 is 2.53 bits per heavy atom. The van der Waals surface area contributed by atoms with E-state index >= 15 is 0 Å². The van der Waals surface area contributed by atoms with Crippen LogP contribution in [0, 0.1) is 0 Å². The Morgan fingerprint density at radius 2 is 1.80 bits per heavy atom. The SMILES string of the molecule is CC1(C)Nc2ccccc2C(CC(=O)c2ccco2)N(OCc2ccccc2)C1=O. The van der Waals surface area contributed by atoms with E-state index in [4.69, 9.17) is 9.25 Å². The van der Waals surface area contributed by atoms with Gasteiger partial charge in [-0.3, -0.25) is 14.4 Å². The number of Topliss-reactive ketones (excluding diaryl/α,β-unsaturated/α-hetero) is 1. The molecule has 1 unspecified atom stereocenters. The van der Waals surface area contributed by atoms with Crippen LogP contribution < -0.4 is 5.32 Å². The first-order valence-corrected chi connectivity index (χ1v) is 9.90. The van der Waals surface area contributed by atoms with Crippen molar-refractivity contribution in [3.8, 4) is 0 Å². The van der Waals surface area contributed by atoms with Crippen LogP contribution in [0.25, 0.3) is 0 Å². The number of hydrogen-bond acceptors (Lipinski definition) is 5. The Labute approximate surface area is 175 Å². The van der Waals surface area contributed by atoms with Crippen LogP contribution in [-0.4, -0.2) is 22.3 Å². The van der Waals surface area contributed by atoms with Crippen LogP contribution in [0.2, 0.25) is 0 Å². The summed E-state index contributed by atoms with van der Waals surface area (Å²) in [7, 11) is 0. The van der Waals surface area contributed by atoms with Crippen LogP contribution in [0.4, 0.5) is 5.69 Å². The van der Waals surface area contributed by atoms with Crippen molar-refractivity contribution < 1.29 is 18.8 Å². The van der Waals surface area contributed by atoms with Crippen LogP contribution in [0.5, 0.6) is 0 Å². The lowest BCUT2D eigenvalue weighted by Gasteiger charge is -2.32. The maximum Gasteiger partial charge on any atom is 0.271 e. The average molecular weight is 404 g/mol. The molecule has 2 aromatic carbocycles. The van der Waals surface area contributed by atoms with E-state index < -0.39 is 11.6 Å². The van der Waals surface area contributed by atoms with Crippen molar-refractivity contribution in [1.29, 1.82) is 0 Å². The Kier molecular flexibility index (Phi) is 5.42. The highest BCUT2D eigenvalue weighted by Crippen LogP contribution is 2.38. The molecule has 154 valence electrons. The van der Waals surface area contributed by atoms with Gasteiger partial charge in [-0.25, -0.2) is 5.06 Å². The molecule has 0 saturated carbocycles. The Balaban J connectivity index is 1.71. The zero-order valence-corrected chi connectivity index (χ0v) is 17.0. The van der Waals surface area contributed by atoms with E-state index in [0.717, 1.165) is 16.8 Å². The largest absolute Gasteiger partial charge is 0.461 e. The van der Waals surface area contributed by atoms with Crippen molar-refractivity contribution in [2.75, 3.05) is 5.32 Å². The van der Waals surface area contributed by atoms with Crippen molar-refractivity contribution in [3.05, 3.63) is 89.9 Å². The summed E-state index contributed by atoms with van der Waals surface area (Å²) >= 11 is 0. The lowest BCUT2D eigenvalue weighted by Crippen LogP contribution is -2.49. The van der Waals surface area contributed by atoms with Crippen LogP contribution in [0.15, 0.2) is 77.4 Å². The van der Waals surface area contributed by atoms with Gasteiger partial charge in [0.1, 0.15) is 12.1 Å². The van der Waals surface area contributed by atoms with Gasteiger partial charge in [0.25, 0.3) is 5.91 Å². The predicted molar refractivity (Wildman–Crippen MR) is 113 cm³/mol. The number of ketones is 1. The fraction of sp³-hybridized carbons (Fsp3) is 0.250. The van der Waals surface area contributed by atoms with Crippen molar-refractivity contribution >= 4 is 17.4 Å². The number of fused-ring (bicyclic) bond motifs is 1. The number of benzene rings is 2. The number of anilines is 1. The van der Waals surface area contributed by atoms with E-state index in [1.165, 1.54) is 11.3 Å². The minimum absolute atomic E-state index is 0.0445. The average Bonchev–Trinajstić information content (AvgIpc) is 3.26. The zero-order valence-electron chi connectivity index (χ0n) is 17.0. The number of nitrogens with zero attached hydrogens (tertiary/aromatic N) is 1. The Morgan fingerprint density at radius 1 is 1.07 bits per heavy atom. The molecule has 4 rings (SSSR count). The molecule has 2 heterocycles. The molecular weight excluding hydrogens is 380 g/mol. The first-order chi connectivity index (χ1) is 14.5. The van der Waals surface area contributed by atoms with Crippen LogP contribution in [0.1, 0.15) is 48.0 Å². The molecule has 6 heteroatoms. The summed E-state index contributed by atoms with van der Waals surface area (Å²) in [6, 6.07) is 20.0. The minimum Gasteiger partial charge on any atom is -0.461 e. The third kappa shape index (κ3) is 4.00. The molecular formula is C24H24N2O4.